The molecule has 2 saturated carbocycles. The number of benzene rings is 2. The van der Waals surface area contributed by atoms with Crippen molar-refractivity contribution in [1.29, 1.82) is 0 Å². The van der Waals surface area contributed by atoms with Gasteiger partial charge in [0.05, 0.1) is 17.7 Å². The minimum Gasteiger partial charge on any atom is -0.507 e. The molecule has 2 aromatic rings. The fraction of sp³-hybridized carbons (Fsp3) is 0.588. The second-order valence-corrected chi connectivity index (χ2v) is 11.5. The number of hydrogen-bond donors (Lipinski definition) is 1. The van der Waals surface area contributed by atoms with Crippen molar-refractivity contribution >= 4 is 17.4 Å². The van der Waals surface area contributed by atoms with Crippen LogP contribution in [0.15, 0.2) is 42.5 Å². The highest BCUT2D eigenvalue weighted by molar-refractivity contribution is 6.15. The Labute approximate surface area is 234 Å². The average Bonchev–Trinajstić information content (AvgIpc) is 2.97. The first-order valence-electron chi connectivity index (χ1n) is 15.5. The fourth-order valence-corrected chi connectivity index (χ4v) is 6.44. The highest BCUT2D eigenvalue weighted by Crippen LogP contribution is 2.37. The van der Waals surface area contributed by atoms with Crippen molar-refractivity contribution in [3.63, 3.8) is 0 Å². The number of phenolic OH excluding ortho intramolecular Hbond substituents is 1. The SMILES string of the molecule is CCCCCCCCOC(=O)c1ccccc1C(=O)c1ccc(N(C2CCCCC2)C2CCCCC2)cc1O. The molecule has 0 spiro atoms. The van der Waals surface area contributed by atoms with Crippen molar-refractivity contribution < 1.29 is 19.4 Å². The number of hydrogen-bond acceptors (Lipinski definition) is 5. The summed E-state index contributed by atoms with van der Waals surface area (Å²) in [5.74, 6) is -0.859. The lowest BCUT2D eigenvalue weighted by molar-refractivity contribution is 0.0495. The van der Waals surface area contributed by atoms with E-state index in [1.165, 1.54) is 83.5 Å². The summed E-state index contributed by atoms with van der Waals surface area (Å²) in [5.41, 5.74) is 1.75. The zero-order valence-corrected chi connectivity index (χ0v) is 23.8. The summed E-state index contributed by atoms with van der Waals surface area (Å²) in [6, 6.07) is 13.3. The number of nitrogens with zero attached hydrogens (tertiary/aromatic N) is 1. The standard InChI is InChI=1S/C34H47NO4/c1-2-3-4-5-6-15-24-39-34(38)30-21-14-13-20-29(30)33(37)31-23-22-28(25-32(31)36)35(26-16-9-7-10-17-26)27-18-11-8-12-19-27/h13-14,20-23,25-27,36H,2-12,15-19,24H2,1H3. The van der Waals surface area contributed by atoms with E-state index in [1.54, 1.807) is 36.4 Å². The zero-order chi connectivity index (χ0) is 27.5. The van der Waals surface area contributed by atoms with Gasteiger partial charge in [-0.05, 0) is 50.3 Å². The van der Waals surface area contributed by atoms with Crippen molar-refractivity contribution in [3.05, 3.63) is 59.2 Å². The van der Waals surface area contributed by atoms with Gasteiger partial charge in [-0.15, -0.1) is 0 Å². The number of ether oxygens (including phenoxy) is 1. The summed E-state index contributed by atoms with van der Waals surface area (Å²) >= 11 is 0. The van der Waals surface area contributed by atoms with Crippen LogP contribution < -0.4 is 4.90 Å². The maximum atomic E-state index is 13.6. The lowest BCUT2D eigenvalue weighted by Crippen LogP contribution is -2.45. The molecule has 39 heavy (non-hydrogen) atoms. The molecule has 2 aliphatic carbocycles. The Balaban J connectivity index is 1.47. The summed E-state index contributed by atoms with van der Waals surface area (Å²) in [6.45, 7) is 2.55. The van der Waals surface area contributed by atoms with Crippen molar-refractivity contribution in [1.82, 2.24) is 0 Å². The first-order valence-corrected chi connectivity index (χ1v) is 15.5. The van der Waals surface area contributed by atoms with Crippen LogP contribution in [-0.4, -0.2) is 35.5 Å². The van der Waals surface area contributed by atoms with Crippen molar-refractivity contribution in [3.8, 4) is 5.75 Å². The second-order valence-electron chi connectivity index (χ2n) is 11.5. The van der Waals surface area contributed by atoms with Crippen LogP contribution in [0.2, 0.25) is 0 Å². The molecule has 0 bridgehead atoms. The summed E-state index contributed by atoms with van der Waals surface area (Å²) in [4.78, 5) is 29.0. The summed E-state index contributed by atoms with van der Waals surface area (Å²) in [6.07, 6.45) is 19.0. The van der Waals surface area contributed by atoms with Gasteiger partial charge in [0.25, 0.3) is 0 Å². The van der Waals surface area contributed by atoms with Gasteiger partial charge in [-0.25, -0.2) is 4.79 Å². The molecule has 2 aromatic carbocycles. The van der Waals surface area contributed by atoms with Crippen molar-refractivity contribution in [2.45, 2.75) is 122 Å². The second kappa shape index (κ2) is 15.1. The Morgan fingerprint density at radius 1 is 0.769 bits per heavy atom. The molecule has 0 aromatic heterocycles. The van der Waals surface area contributed by atoms with Crippen LogP contribution in [-0.2, 0) is 4.74 Å². The van der Waals surface area contributed by atoms with Gasteiger partial charge in [-0.1, -0.05) is 95.8 Å². The fourth-order valence-electron chi connectivity index (χ4n) is 6.44. The van der Waals surface area contributed by atoms with E-state index in [1.807, 2.05) is 6.07 Å². The minimum absolute atomic E-state index is 0.0237. The third-order valence-electron chi connectivity index (χ3n) is 8.58. The van der Waals surface area contributed by atoms with E-state index in [0.29, 0.717) is 18.7 Å². The molecule has 0 heterocycles. The number of aromatic hydroxyl groups is 1. The predicted molar refractivity (Wildman–Crippen MR) is 158 cm³/mol. The van der Waals surface area contributed by atoms with E-state index >= 15 is 0 Å². The normalized spacial score (nSPS) is 16.6. The maximum Gasteiger partial charge on any atom is 0.338 e. The average molecular weight is 534 g/mol. The van der Waals surface area contributed by atoms with E-state index in [9.17, 15) is 14.7 Å². The lowest BCUT2D eigenvalue weighted by Gasteiger charge is -2.43. The van der Waals surface area contributed by atoms with Crippen LogP contribution in [0.1, 0.15) is 136 Å². The largest absolute Gasteiger partial charge is 0.507 e. The number of ketones is 1. The van der Waals surface area contributed by atoms with Gasteiger partial charge in [0.1, 0.15) is 5.75 Å². The topological polar surface area (TPSA) is 66.8 Å². The van der Waals surface area contributed by atoms with Crippen LogP contribution in [0.5, 0.6) is 5.75 Å². The Morgan fingerprint density at radius 3 is 1.97 bits per heavy atom. The molecular weight excluding hydrogens is 486 g/mol. The Kier molecular flexibility index (Phi) is 11.3. The minimum atomic E-state index is -0.482. The number of carbonyl (C=O) groups is 2. The number of esters is 1. The van der Waals surface area contributed by atoms with E-state index in [0.717, 1.165) is 24.9 Å². The monoisotopic (exact) mass is 533 g/mol. The zero-order valence-electron chi connectivity index (χ0n) is 23.8. The molecule has 5 nitrogen and oxygen atoms in total. The molecular formula is C34H47NO4. The van der Waals surface area contributed by atoms with E-state index in [2.05, 4.69) is 11.8 Å². The molecule has 0 aliphatic heterocycles. The molecule has 0 unspecified atom stereocenters. The van der Waals surface area contributed by atoms with Gasteiger partial charge < -0.3 is 14.7 Å². The molecule has 212 valence electrons. The Morgan fingerprint density at radius 2 is 1.36 bits per heavy atom. The molecule has 2 fully saturated rings. The van der Waals surface area contributed by atoms with Crippen LogP contribution >= 0.6 is 0 Å². The van der Waals surface area contributed by atoms with E-state index in [-0.39, 0.29) is 28.2 Å². The Hall–Kier alpha value is -2.82. The Bertz CT molecular complexity index is 1050. The first kappa shape index (κ1) is 29.2. The molecule has 1 N–H and O–H groups in total. The molecule has 5 heteroatoms. The lowest BCUT2D eigenvalue weighted by atomic mass is 9.88. The van der Waals surface area contributed by atoms with Gasteiger partial charge in [0.15, 0.2) is 5.78 Å². The summed E-state index contributed by atoms with van der Waals surface area (Å²) in [7, 11) is 0. The molecule has 0 radical (unpaired) electrons. The number of unbranched alkanes of at least 4 members (excludes halogenated alkanes) is 5. The maximum absolute atomic E-state index is 13.6. The predicted octanol–water partition coefficient (Wildman–Crippen LogP) is 8.61. The van der Waals surface area contributed by atoms with Gasteiger partial charge in [-0.3, -0.25) is 4.79 Å². The number of anilines is 1. The van der Waals surface area contributed by atoms with Crippen LogP contribution in [0.25, 0.3) is 0 Å². The third kappa shape index (κ3) is 7.86. The van der Waals surface area contributed by atoms with Crippen LogP contribution in [0, 0.1) is 0 Å². The van der Waals surface area contributed by atoms with E-state index < -0.39 is 5.97 Å². The summed E-state index contributed by atoms with van der Waals surface area (Å²) in [5, 5.41) is 11.1. The van der Waals surface area contributed by atoms with Crippen LogP contribution in [0.3, 0.4) is 0 Å². The van der Waals surface area contributed by atoms with Gasteiger partial charge in [0, 0.05) is 29.4 Å². The van der Waals surface area contributed by atoms with Crippen molar-refractivity contribution in [2.75, 3.05) is 11.5 Å². The third-order valence-corrected chi connectivity index (χ3v) is 8.58. The smallest absolute Gasteiger partial charge is 0.338 e. The molecule has 4 rings (SSSR count). The highest BCUT2D eigenvalue weighted by Gasteiger charge is 2.30. The molecule has 0 atom stereocenters. The highest BCUT2D eigenvalue weighted by atomic mass is 16.5. The van der Waals surface area contributed by atoms with Crippen LogP contribution in [0.4, 0.5) is 5.69 Å². The van der Waals surface area contributed by atoms with E-state index in [4.69, 9.17) is 4.74 Å². The van der Waals surface area contributed by atoms with Gasteiger partial charge in [0.2, 0.25) is 0 Å². The first-order chi connectivity index (χ1) is 19.1. The van der Waals surface area contributed by atoms with Gasteiger partial charge in [-0.2, -0.15) is 0 Å². The molecule has 0 saturated heterocycles. The number of carbonyl (C=O) groups excluding carboxylic acids is 2. The number of phenols is 1. The van der Waals surface area contributed by atoms with Crippen molar-refractivity contribution in [2.24, 2.45) is 0 Å². The molecule has 2 aliphatic rings. The number of rotatable bonds is 13. The van der Waals surface area contributed by atoms with Gasteiger partial charge >= 0.3 is 5.97 Å². The molecule has 0 amide bonds. The summed E-state index contributed by atoms with van der Waals surface area (Å²) < 4.78 is 5.52. The quantitative estimate of drug-likeness (QED) is 0.159.